The summed E-state index contributed by atoms with van der Waals surface area (Å²) in [5.74, 6) is 0.357. The second kappa shape index (κ2) is 5.76. The molecule has 3 aromatic rings. The van der Waals surface area contributed by atoms with Crippen LogP contribution in [0.2, 0.25) is 0 Å². The Bertz CT molecular complexity index is 766. The van der Waals surface area contributed by atoms with E-state index in [1.54, 1.807) is 25.1 Å². The Kier molecular flexibility index (Phi) is 3.66. The molecule has 5 nitrogen and oxygen atoms in total. The molecule has 1 heterocycles. The summed E-state index contributed by atoms with van der Waals surface area (Å²) >= 11 is 0. The van der Waals surface area contributed by atoms with Gasteiger partial charge in [-0.15, -0.1) is 0 Å². The summed E-state index contributed by atoms with van der Waals surface area (Å²) in [5, 5.41) is 4.82. The van der Waals surface area contributed by atoms with E-state index >= 15 is 0 Å². The monoisotopic (exact) mass is 282 g/mol. The minimum absolute atomic E-state index is 0.293. The van der Waals surface area contributed by atoms with E-state index in [0.717, 1.165) is 10.9 Å². The molecule has 0 saturated heterocycles. The van der Waals surface area contributed by atoms with Gasteiger partial charge in [0.2, 0.25) is 0 Å². The van der Waals surface area contributed by atoms with Crippen LogP contribution >= 0.6 is 0 Å². The zero-order valence-electron chi connectivity index (χ0n) is 11.5. The molecule has 3 rings (SSSR count). The largest absolute Gasteiger partial charge is 0.355 e. The van der Waals surface area contributed by atoms with Crippen LogP contribution in [0.4, 0.5) is 0 Å². The average Bonchev–Trinajstić information content (AvgIpc) is 2.96. The van der Waals surface area contributed by atoms with Crippen molar-refractivity contribution in [3.63, 3.8) is 0 Å². The zero-order valence-corrected chi connectivity index (χ0v) is 11.5. The molecule has 1 N–H and O–H groups in total. The van der Waals surface area contributed by atoms with Crippen LogP contribution in [0.25, 0.3) is 22.2 Å². The number of rotatable bonds is 4. The first-order chi connectivity index (χ1) is 10.3. The maximum atomic E-state index is 11.9. The third kappa shape index (κ3) is 2.64. The van der Waals surface area contributed by atoms with Gasteiger partial charge in [-0.05, 0) is 25.1 Å². The van der Waals surface area contributed by atoms with Crippen LogP contribution in [0, 0.1) is 0 Å². The van der Waals surface area contributed by atoms with Crippen LogP contribution in [-0.4, -0.2) is 17.7 Å². The zero-order chi connectivity index (χ0) is 14.7. The highest BCUT2D eigenvalue weighted by Crippen LogP contribution is 2.29. The standard InChI is InChI=1S/C16H14N2O3/c1-2-20-18-16(19)12-8-9-14-13(10-12)15(21-17-14)11-6-4-3-5-7-11/h3-10H,2H2,1H3,(H,18,19). The van der Waals surface area contributed by atoms with Crippen molar-refractivity contribution >= 4 is 16.8 Å². The number of carbonyl (C=O) groups excluding carboxylic acids is 1. The minimum Gasteiger partial charge on any atom is -0.355 e. The first kappa shape index (κ1) is 13.3. The van der Waals surface area contributed by atoms with E-state index in [4.69, 9.17) is 9.36 Å². The normalized spacial score (nSPS) is 10.7. The third-order valence-electron chi connectivity index (χ3n) is 3.08. The van der Waals surface area contributed by atoms with Gasteiger partial charge in [-0.1, -0.05) is 35.5 Å². The number of aromatic nitrogens is 1. The SMILES string of the molecule is CCONC(=O)c1ccc2noc(-c3ccccc3)c2c1. The highest BCUT2D eigenvalue weighted by Gasteiger charge is 2.13. The molecular weight excluding hydrogens is 268 g/mol. The summed E-state index contributed by atoms with van der Waals surface area (Å²) in [4.78, 5) is 16.8. The predicted octanol–water partition coefficient (Wildman–Crippen LogP) is 3.18. The molecule has 21 heavy (non-hydrogen) atoms. The molecule has 1 amide bonds. The van der Waals surface area contributed by atoms with Crippen LogP contribution in [0.1, 0.15) is 17.3 Å². The van der Waals surface area contributed by atoms with Crippen LogP contribution in [-0.2, 0) is 4.84 Å². The van der Waals surface area contributed by atoms with Gasteiger partial charge < -0.3 is 4.52 Å². The lowest BCUT2D eigenvalue weighted by atomic mass is 10.1. The van der Waals surface area contributed by atoms with Gasteiger partial charge in [-0.2, -0.15) is 0 Å². The molecule has 0 bridgehead atoms. The number of hydroxylamine groups is 1. The van der Waals surface area contributed by atoms with E-state index in [9.17, 15) is 4.79 Å². The first-order valence-electron chi connectivity index (χ1n) is 6.66. The summed E-state index contributed by atoms with van der Waals surface area (Å²) in [6.07, 6.45) is 0. The van der Waals surface area contributed by atoms with Crippen molar-refractivity contribution in [2.45, 2.75) is 6.92 Å². The fourth-order valence-electron chi connectivity index (χ4n) is 2.08. The Morgan fingerprint density at radius 1 is 1.24 bits per heavy atom. The summed E-state index contributed by atoms with van der Waals surface area (Å²) in [7, 11) is 0. The second-order valence-electron chi connectivity index (χ2n) is 4.47. The fourth-order valence-corrected chi connectivity index (χ4v) is 2.08. The van der Waals surface area contributed by atoms with Gasteiger partial charge in [0.25, 0.3) is 5.91 Å². The highest BCUT2D eigenvalue weighted by atomic mass is 16.6. The Labute approximate surface area is 121 Å². The van der Waals surface area contributed by atoms with Crippen molar-refractivity contribution in [1.82, 2.24) is 10.6 Å². The highest BCUT2D eigenvalue weighted by molar-refractivity contribution is 6.00. The summed E-state index contributed by atoms with van der Waals surface area (Å²) in [5.41, 5.74) is 4.50. The van der Waals surface area contributed by atoms with Gasteiger partial charge in [-0.3, -0.25) is 9.63 Å². The van der Waals surface area contributed by atoms with E-state index in [2.05, 4.69) is 10.6 Å². The summed E-state index contributed by atoms with van der Waals surface area (Å²) < 4.78 is 5.40. The molecule has 0 spiro atoms. The maximum Gasteiger partial charge on any atom is 0.274 e. The Morgan fingerprint density at radius 3 is 2.81 bits per heavy atom. The number of carbonyl (C=O) groups is 1. The molecule has 0 fully saturated rings. The molecule has 0 radical (unpaired) electrons. The molecule has 0 unspecified atom stereocenters. The second-order valence-corrected chi connectivity index (χ2v) is 4.47. The number of hydrogen-bond donors (Lipinski definition) is 1. The average molecular weight is 282 g/mol. The van der Waals surface area contributed by atoms with E-state index in [1.165, 1.54) is 0 Å². The lowest BCUT2D eigenvalue weighted by molar-refractivity contribution is 0.0364. The topological polar surface area (TPSA) is 64.4 Å². The lowest BCUT2D eigenvalue weighted by Crippen LogP contribution is -2.23. The van der Waals surface area contributed by atoms with Crippen molar-refractivity contribution in [3.05, 3.63) is 54.1 Å². The molecule has 0 aliphatic carbocycles. The van der Waals surface area contributed by atoms with Gasteiger partial charge >= 0.3 is 0 Å². The predicted molar refractivity (Wildman–Crippen MR) is 78.5 cm³/mol. The number of benzene rings is 2. The van der Waals surface area contributed by atoms with Crippen molar-refractivity contribution in [2.75, 3.05) is 6.61 Å². The van der Waals surface area contributed by atoms with Gasteiger partial charge in [0.05, 0.1) is 12.0 Å². The number of hydrogen-bond acceptors (Lipinski definition) is 4. The van der Waals surface area contributed by atoms with Crippen LogP contribution in [0.15, 0.2) is 53.1 Å². The number of nitrogens with one attached hydrogen (secondary N) is 1. The van der Waals surface area contributed by atoms with Gasteiger partial charge in [0.1, 0.15) is 5.52 Å². The van der Waals surface area contributed by atoms with Crippen molar-refractivity contribution in [2.24, 2.45) is 0 Å². The molecular formula is C16H14N2O3. The van der Waals surface area contributed by atoms with E-state index in [1.807, 2.05) is 30.3 Å². The van der Waals surface area contributed by atoms with Crippen molar-refractivity contribution < 1.29 is 14.2 Å². The number of fused-ring (bicyclic) bond motifs is 1. The third-order valence-corrected chi connectivity index (χ3v) is 3.08. The molecule has 106 valence electrons. The van der Waals surface area contributed by atoms with E-state index in [0.29, 0.717) is 23.4 Å². The number of nitrogens with zero attached hydrogens (tertiary/aromatic N) is 1. The summed E-state index contributed by atoms with van der Waals surface area (Å²) in [6.45, 7) is 2.22. The van der Waals surface area contributed by atoms with E-state index in [-0.39, 0.29) is 5.91 Å². The molecule has 0 aliphatic rings. The smallest absolute Gasteiger partial charge is 0.274 e. The Balaban J connectivity index is 2.02. The lowest BCUT2D eigenvalue weighted by Gasteiger charge is -2.03. The number of amides is 1. The fraction of sp³-hybridized carbons (Fsp3) is 0.125. The summed E-state index contributed by atoms with van der Waals surface area (Å²) in [6, 6.07) is 14.9. The quantitative estimate of drug-likeness (QED) is 0.746. The molecule has 0 saturated carbocycles. The molecule has 0 aliphatic heterocycles. The minimum atomic E-state index is -0.293. The Morgan fingerprint density at radius 2 is 2.05 bits per heavy atom. The van der Waals surface area contributed by atoms with Crippen LogP contribution in [0.5, 0.6) is 0 Å². The van der Waals surface area contributed by atoms with Crippen LogP contribution < -0.4 is 5.48 Å². The molecule has 1 aromatic heterocycles. The molecule has 0 atom stereocenters. The van der Waals surface area contributed by atoms with Gasteiger partial charge in [0.15, 0.2) is 5.76 Å². The van der Waals surface area contributed by atoms with Crippen LogP contribution in [0.3, 0.4) is 0 Å². The van der Waals surface area contributed by atoms with Gasteiger partial charge in [-0.25, -0.2) is 5.48 Å². The van der Waals surface area contributed by atoms with Crippen molar-refractivity contribution in [3.8, 4) is 11.3 Å². The first-order valence-corrected chi connectivity index (χ1v) is 6.66. The molecule has 2 aromatic carbocycles. The van der Waals surface area contributed by atoms with Gasteiger partial charge in [0, 0.05) is 11.1 Å². The van der Waals surface area contributed by atoms with Crippen molar-refractivity contribution in [1.29, 1.82) is 0 Å². The molecule has 5 heteroatoms. The van der Waals surface area contributed by atoms with E-state index < -0.39 is 0 Å². The Hall–Kier alpha value is -2.66. The maximum absolute atomic E-state index is 11.9.